The number of fused-ring (bicyclic) bond motifs is 1. The van der Waals surface area contributed by atoms with Crippen LogP contribution in [0.15, 0.2) is 48.9 Å². The lowest BCUT2D eigenvalue weighted by Gasteiger charge is -2.16. The second kappa shape index (κ2) is 6.59. The van der Waals surface area contributed by atoms with Gasteiger partial charge in [0.15, 0.2) is 0 Å². The molecule has 0 saturated carbocycles. The Morgan fingerprint density at radius 1 is 1.19 bits per heavy atom. The lowest BCUT2D eigenvalue weighted by molar-refractivity contribution is -0.119. The van der Waals surface area contributed by atoms with E-state index in [0.29, 0.717) is 30.9 Å². The number of benzene rings is 1. The van der Waals surface area contributed by atoms with Gasteiger partial charge in [-0.25, -0.2) is 9.97 Å². The summed E-state index contributed by atoms with van der Waals surface area (Å²) in [4.78, 5) is 35.3. The van der Waals surface area contributed by atoms with Crippen LogP contribution in [0.5, 0.6) is 0 Å². The maximum Gasteiger partial charge on any atom is 0.253 e. The van der Waals surface area contributed by atoms with Gasteiger partial charge < -0.3 is 14.8 Å². The summed E-state index contributed by atoms with van der Waals surface area (Å²) in [5.41, 5.74) is 2.37. The summed E-state index contributed by atoms with van der Waals surface area (Å²) in [5, 5.41) is 2.81. The van der Waals surface area contributed by atoms with E-state index in [1.54, 1.807) is 35.6 Å². The van der Waals surface area contributed by atoms with Gasteiger partial charge in [-0.05, 0) is 36.8 Å². The fourth-order valence-electron chi connectivity index (χ4n) is 3.28. The third-order valence-corrected chi connectivity index (χ3v) is 4.73. The summed E-state index contributed by atoms with van der Waals surface area (Å²) in [6.07, 6.45) is 4.01. The van der Waals surface area contributed by atoms with Gasteiger partial charge >= 0.3 is 0 Å². The van der Waals surface area contributed by atoms with Gasteiger partial charge in [0, 0.05) is 31.9 Å². The normalized spacial score (nSPS) is 16.8. The Kier molecular flexibility index (Phi) is 4.12. The number of aryl methyl sites for hydroxylation is 1. The van der Waals surface area contributed by atoms with E-state index in [1.165, 1.54) is 0 Å². The molecule has 1 saturated heterocycles. The second-order valence-electron chi connectivity index (χ2n) is 6.50. The quantitative estimate of drug-likeness (QED) is 0.785. The minimum absolute atomic E-state index is 0.0642. The molecule has 132 valence electrons. The summed E-state index contributed by atoms with van der Waals surface area (Å²) in [6.45, 7) is 0.983. The number of amides is 2. The maximum absolute atomic E-state index is 12.8. The lowest BCUT2D eigenvalue weighted by Crippen LogP contribution is -2.31. The number of pyridine rings is 1. The smallest absolute Gasteiger partial charge is 0.253 e. The van der Waals surface area contributed by atoms with Crippen molar-refractivity contribution in [1.29, 1.82) is 0 Å². The van der Waals surface area contributed by atoms with Gasteiger partial charge in [-0.15, -0.1) is 0 Å². The lowest BCUT2D eigenvalue weighted by atomic mass is 10.1. The summed E-state index contributed by atoms with van der Waals surface area (Å²) in [7, 11) is 1.92. The first-order valence-corrected chi connectivity index (χ1v) is 8.54. The summed E-state index contributed by atoms with van der Waals surface area (Å²) in [6, 6.07) is 10.9. The third kappa shape index (κ3) is 3.03. The van der Waals surface area contributed by atoms with Crippen LogP contribution >= 0.6 is 0 Å². The number of imidazole rings is 1. The Bertz CT molecular complexity index is 966. The predicted octanol–water partition coefficient (Wildman–Crippen LogP) is 2.07. The zero-order valence-electron chi connectivity index (χ0n) is 14.4. The van der Waals surface area contributed by atoms with E-state index in [-0.39, 0.29) is 17.7 Å². The Balaban J connectivity index is 1.43. The molecule has 7 heteroatoms. The van der Waals surface area contributed by atoms with Crippen molar-refractivity contribution in [2.75, 3.05) is 18.4 Å². The van der Waals surface area contributed by atoms with Gasteiger partial charge in [-0.1, -0.05) is 6.07 Å². The molecule has 1 unspecified atom stereocenters. The predicted molar refractivity (Wildman–Crippen MR) is 97.6 cm³/mol. The van der Waals surface area contributed by atoms with E-state index in [1.807, 2.05) is 29.8 Å². The van der Waals surface area contributed by atoms with Gasteiger partial charge in [0.25, 0.3) is 5.91 Å². The molecule has 0 radical (unpaired) electrons. The number of hydrogen-bond donors (Lipinski definition) is 1. The van der Waals surface area contributed by atoms with Crippen LogP contribution in [0.1, 0.15) is 16.8 Å². The number of nitrogens with one attached hydrogen (secondary N) is 1. The fourth-order valence-corrected chi connectivity index (χ4v) is 3.28. The van der Waals surface area contributed by atoms with E-state index >= 15 is 0 Å². The molecule has 3 aromatic rings. The molecule has 3 heterocycles. The molecule has 2 aromatic heterocycles. The molecule has 1 aromatic carbocycles. The molecule has 1 aliphatic heterocycles. The van der Waals surface area contributed by atoms with Crippen LogP contribution in [0.3, 0.4) is 0 Å². The van der Waals surface area contributed by atoms with Crippen molar-refractivity contribution in [3.05, 3.63) is 54.5 Å². The Morgan fingerprint density at radius 3 is 2.88 bits per heavy atom. The van der Waals surface area contributed by atoms with Crippen LogP contribution in [-0.4, -0.2) is 44.3 Å². The number of carbonyl (C=O) groups is 2. The molecule has 4 rings (SSSR count). The van der Waals surface area contributed by atoms with Crippen molar-refractivity contribution in [3.8, 4) is 0 Å². The van der Waals surface area contributed by atoms with E-state index in [4.69, 9.17) is 0 Å². The Hall–Kier alpha value is -3.22. The van der Waals surface area contributed by atoms with Gasteiger partial charge in [0.1, 0.15) is 5.82 Å². The third-order valence-electron chi connectivity index (χ3n) is 4.73. The Morgan fingerprint density at radius 2 is 2.08 bits per heavy atom. The first kappa shape index (κ1) is 16.3. The molecule has 1 aliphatic rings. The molecule has 0 spiro atoms. The molecule has 1 fully saturated rings. The molecule has 1 N–H and O–H groups in total. The molecule has 1 atom stereocenters. The minimum Gasteiger partial charge on any atom is -0.338 e. The summed E-state index contributed by atoms with van der Waals surface area (Å²) in [5.74, 6) is 0.146. The summed E-state index contributed by atoms with van der Waals surface area (Å²) >= 11 is 0. The van der Waals surface area contributed by atoms with Gasteiger partial charge in [-0.3, -0.25) is 9.59 Å². The highest BCUT2D eigenvalue weighted by Crippen LogP contribution is 2.22. The average Bonchev–Trinajstić information content (AvgIpc) is 3.29. The molecule has 0 bridgehead atoms. The van der Waals surface area contributed by atoms with Crippen LogP contribution in [0.25, 0.3) is 11.0 Å². The van der Waals surface area contributed by atoms with Gasteiger partial charge in [0.2, 0.25) is 5.91 Å². The molecule has 26 heavy (non-hydrogen) atoms. The van der Waals surface area contributed by atoms with Crippen molar-refractivity contribution in [3.63, 3.8) is 0 Å². The number of aromatic nitrogens is 3. The number of likely N-dealkylation sites (tertiary alicyclic amines) is 1. The van der Waals surface area contributed by atoms with Crippen molar-refractivity contribution < 1.29 is 9.59 Å². The SMILES string of the molecule is Cn1cnc2cc(C(=O)N3CCC(C(=O)Nc4ccccn4)C3)ccc21. The molecule has 2 amide bonds. The summed E-state index contributed by atoms with van der Waals surface area (Å²) < 4.78 is 1.91. The van der Waals surface area contributed by atoms with Crippen LogP contribution in [0.2, 0.25) is 0 Å². The Labute approximate surface area is 150 Å². The van der Waals surface area contributed by atoms with Crippen molar-refractivity contribution >= 4 is 28.7 Å². The number of rotatable bonds is 3. The van der Waals surface area contributed by atoms with Gasteiger partial charge in [-0.2, -0.15) is 0 Å². The average molecular weight is 349 g/mol. The zero-order chi connectivity index (χ0) is 18.1. The number of nitrogens with zero attached hydrogens (tertiary/aromatic N) is 4. The highest BCUT2D eigenvalue weighted by Gasteiger charge is 2.31. The van der Waals surface area contributed by atoms with E-state index < -0.39 is 0 Å². The zero-order valence-corrected chi connectivity index (χ0v) is 14.4. The van der Waals surface area contributed by atoms with Crippen LogP contribution in [0.4, 0.5) is 5.82 Å². The number of anilines is 1. The highest BCUT2D eigenvalue weighted by molar-refractivity contribution is 5.98. The molecular formula is C19H19N5O2. The first-order valence-electron chi connectivity index (χ1n) is 8.54. The number of carbonyl (C=O) groups excluding carboxylic acids is 2. The molecule has 0 aliphatic carbocycles. The molecule has 7 nitrogen and oxygen atoms in total. The van der Waals surface area contributed by atoms with Crippen LogP contribution in [0, 0.1) is 5.92 Å². The van der Waals surface area contributed by atoms with Crippen molar-refractivity contribution in [2.24, 2.45) is 13.0 Å². The topological polar surface area (TPSA) is 80.1 Å². The van der Waals surface area contributed by atoms with Crippen LogP contribution < -0.4 is 5.32 Å². The van der Waals surface area contributed by atoms with Gasteiger partial charge in [0.05, 0.1) is 23.3 Å². The largest absolute Gasteiger partial charge is 0.338 e. The molecular weight excluding hydrogens is 330 g/mol. The van der Waals surface area contributed by atoms with Crippen LogP contribution in [-0.2, 0) is 11.8 Å². The monoisotopic (exact) mass is 349 g/mol. The van der Waals surface area contributed by atoms with E-state index in [2.05, 4.69) is 15.3 Å². The second-order valence-corrected chi connectivity index (χ2v) is 6.50. The van der Waals surface area contributed by atoms with Crippen molar-refractivity contribution in [1.82, 2.24) is 19.4 Å². The standard InChI is InChI=1S/C19H19N5O2/c1-23-12-21-15-10-13(5-6-16(15)23)19(26)24-9-7-14(11-24)18(25)22-17-4-2-3-8-20-17/h2-6,8,10,12,14H,7,9,11H2,1H3,(H,20,22,25). The maximum atomic E-state index is 12.8. The number of hydrogen-bond acceptors (Lipinski definition) is 4. The first-order chi connectivity index (χ1) is 12.6. The van der Waals surface area contributed by atoms with E-state index in [0.717, 1.165) is 11.0 Å². The highest BCUT2D eigenvalue weighted by atomic mass is 16.2. The minimum atomic E-state index is -0.223. The fraction of sp³-hybridized carbons (Fsp3) is 0.263. The van der Waals surface area contributed by atoms with Crippen molar-refractivity contribution in [2.45, 2.75) is 6.42 Å². The van der Waals surface area contributed by atoms with E-state index in [9.17, 15) is 9.59 Å².